The van der Waals surface area contributed by atoms with E-state index in [1.807, 2.05) is 25.1 Å². The Hall–Kier alpha value is -1.58. The van der Waals surface area contributed by atoms with Crippen molar-refractivity contribution >= 4 is 5.96 Å². The summed E-state index contributed by atoms with van der Waals surface area (Å²) < 4.78 is 0. The van der Waals surface area contributed by atoms with Gasteiger partial charge in [-0.2, -0.15) is 0 Å². The van der Waals surface area contributed by atoms with Crippen LogP contribution in [0, 0.1) is 6.92 Å². The fraction of sp³-hybridized carbons (Fsp3) is 0.571. The average Bonchev–Trinajstić information content (AvgIpc) is 2.36. The highest BCUT2D eigenvalue weighted by atomic mass is 15.2. The van der Waals surface area contributed by atoms with Crippen LogP contribution < -0.4 is 10.6 Å². The smallest absolute Gasteiger partial charge is 0.191 e. The molecule has 0 aliphatic heterocycles. The predicted molar refractivity (Wildman–Crippen MR) is 76.7 cm³/mol. The van der Waals surface area contributed by atoms with Crippen molar-refractivity contribution in [1.82, 2.24) is 15.6 Å². The molecule has 0 aliphatic carbocycles. The van der Waals surface area contributed by atoms with Gasteiger partial charge in [0.15, 0.2) is 5.96 Å². The maximum absolute atomic E-state index is 4.53. The third-order valence-corrected chi connectivity index (χ3v) is 2.51. The largest absolute Gasteiger partial charge is 0.357 e. The first-order valence-corrected chi connectivity index (χ1v) is 6.71. The normalized spacial score (nSPS) is 11.4. The number of hydrogen-bond acceptors (Lipinski definition) is 2. The van der Waals surface area contributed by atoms with Crippen molar-refractivity contribution < 1.29 is 0 Å². The summed E-state index contributed by atoms with van der Waals surface area (Å²) in [6, 6.07) is 6.02. The topological polar surface area (TPSA) is 49.3 Å². The van der Waals surface area contributed by atoms with E-state index in [9.17, 15) is 0 Å². The van der Waals surface area contributed by atoms with Crippen molar-refractivity contribution in [1.29, 1.82) is 0 Å². The Morgan fingerprint density at radius 2 is 2.11 bits per heavy atom. The van der Waals surface area contributed by atoms with Crippen molar-refractivity contribution in [2.75, 3.05) is 13.1 Å². The second kappa shape index (κ2) is 8.50. The molecule has 0 saturated carbocycles. The summed E-state index contributed by atoms with van der Waals surface area (Å²) in [7, 11) is 0. The van der Waals surface area contributed by atoms with Gasteiger partial charge in [0.25, 0.3) is 0 Å². The molecule has 1 aromatic rings. The van der Waals surface area contributed by atoms with Crippen LogP contribution in [0.2, 0.25) is 0 Å². The zero-order valence-electron chi connectivity index (χ0n) is 11.7. The fourth-order valence-electron chi connectivity index (χ4n) is 1.57. The molecule has 2 N–H and O–H groups in total. The lowest BCUT2D eigenvalue weighted by Crippen LogP contribution is -2.37. The monoisotopic (exact) mass is 248 g/mol. The van der Waals surface area contributed by atoms with Gasteiger partial charge in [0.1, 0.15) is 0 Å². The lowest BCUT2D eigenvalue weighted by molar-refractivity contribution is 0.729. The minimum atomic E-state index is 0.614. The summed E-state index contributed by atoms with van der Waals surface area (Å²) in [5, 5.41) is 6.56. The fourth-order valence-corrected chi connectivity index (χ4v) is 1.57. The van der Waals surface area contributed by atoms with E-state index in [1.165, 1.54) is 6.42 Å². The lowest BCUT2D eigenvalue weighted by atomic mass is 10.3. The molecule has 0 aromatic carbocycles. The molecular formula is C14H24N4. The Morgan fingerprint density at radius 3 is 2.78 bits per heavy atom. The van der Waals surface area contributed by atoms with Gasteiger partial charge < -0.3 is 10.6 Å². The first-order chi connectivity index (χ1) is 8.76. The molecule has 18 heavy (non-hydrogen) atoms. The summed E-state index contributed by atoms with van der Waals surface area (Å²) in [5.74, 6) is 0.870. The van der Waals surface area contributed by atoms with Crippen LogP contribution in [0.15, 0.2) is 23.2 Å². The summed E-state index contributed by atoms with van der Waals surface area (Å²) in [6.45, 7) is 8.70. The Balaban J connectivity index is 2.53. The number of pyridine rings is 1. The molecule has 4 heteroatoms. The van der Waals surface area contributed by atoms with E-state index < -0.39 is 0 Å². The number of nitrogens with zero attached hydrogens (tertiary/aromatic N) is 2. The summed E-state index contributed by atoms with van der Waals surface area (Å²) >= 11 is 0. The Kier molecular flexibility index (Phi) is 6.84. The first-order valence-electron chi connectivity index (χ1n) is 6.71. The van der Waals surface area contributed by atoms with Crippen molar-refractivity contribution in [2.24, 2.45) is 4.99 Å². The predicted octanol–water partition coefficient (Wildman–Crippen LogP) is 2.25. The van der Waals surface area contributed by atoms with Crippen molar-refractivity contribution in [3.05, 3.63) is 29.6 Å². The minimum absolute atomic E-state index is 0.614. The molecule has 0 aliphatic rings. The molecule has 0 saturated heterocycles. The van der Waals surface area contributed by atoms with Gasteiger partial charge >= 0.3 is 0 Å². The number of guanidine groups is 1. The van der Waals surface area contributed by atoms with Gasteiger partial charge in [0, 0.05) is 18.8 Å². The zero-order chi connectivity index (χ0) is 13.2. The van der Waals surface area contributed by atoms with Gasteiger partial charge in [-0.05, 0) is 32.4 Å². The highest BCUT2D eigenvalue weighted by Crippen LogP contribution is 1.99. The Bertz CT molecular complexity index is 374. The van der Waals surface area contributed by atoms with Gasteiger partial charge in [-0.3, -0.25) is 4.98 Å². The molecule has 0 amide bonds. The molecule has 0 spiro atoms. The van der Waals surface area contributed by atoms with Crippen molar-refractivity contribution in [3.63, 3.8) is 0 Å². The lowest BCUT2D eigenvalue weighted by Gasteiger charge is -2.10. The van der Waals surface area contributed by atoms with Crippen LogP contribution in [-0.4, -0.2) is 24.0 Å². The maximum Gasteiger partial charge on any atom is 0.191 e. The van der Waals surface area contributed by atoms with Gasteiger partial charge in [-0.15, -0.1) is 0 Å². The summed E-state index contributed by atoms with van der Waals surface area (Å²) in [5.41, 5.74) is 2.04. The van der Waals surface area contributed by atoms with E-state index in [0.29, 0.717) is 6.54 Å². The van der Waals surface area contributed by atoms with E-state index in [1.54, 1.807) is 0 Å². The minimum Gasteiger partial charge on any atom is -0.357 e. The van der Waals surface area contributed by atoms with Crippen LogP contribution >= 0.6 is 0 Å². The molecule has 1 rings (SSSR count). The van der Waals surface area contributed by atoms with E-state index in [-0.39, 0.29) is 0 Å². The van der Waals surface area contributed by atoms with Crippen LogP contribution in [0.4, 0.5) is 0 Å². The van der Waals surface area contributed by atoms with E-state index in [2.05, 4.69) is 34.5 Å². The number of nitrogens with one attached hydrogen (secondary N) is 2. The van der Waals surface area contributed by atoms with Crippen LogP contribution in [0.1, 0.15) is 38.1 Å². The highest BCUT2D eigenvalue weighted by molar-refractivity contribution is 5.79. The quantitative estimate of drug-likeness (QED) is 0.461. The average molecular weight is 248 g/mol. The number of aryl methyl sites for hydroxylation is 1. The molecule has 0 bridgehead atoms. The number of unbranched alkanes of at least 4 members (excludes halogenated alkanes) is 1. The summed E-state index contributed by atoms with van der Waals surface area (Å²) in [6.07, 6.45) is 2.35. The number of rotatable bonds is 6. The number of aliphatic imine (C=N–C) groups is 1. The number of aromatic nitrogens is 1. The molecule has 0 fully saturated rings. The van der Waals surface area contributed by atoms with E-state index in [4.69, 9.17) is 0 Å². The van der Waals surface area contributed by atoms with E-state index in [0.717, 1.165) is 36.9 Å². The third-order valence-electron chi connectivity index (χ3n) is 2.51. The first kappa shape index (κ1) is 14.5. The molecule has 100 valence electrons. The molecular weight excluding hydrogens is 224 g/mol. The zero-order valence-corrected chi connectivity index (χ0v) is 11.7. The van der Waals surface area contributed by atoms with E-state index >= 15 is 0 Å². The Labute approximate surface area is 110 Å². The SMILES string of the molecule is CCCCNC(=NCc1cccc(C)n1)NCC. The molecule has 0 atom stereocenters. The maximum atomic E-state index is 4.53. The second-order valence-corrected chi connectivity index (χ2v) is 4.25. The third kappa shape index (κ3) is 5.66. The number of hydrogen-bond donors (Lipinski definition) is 2. The van der Waals surface area contributed by atoms with Gasteiger partial charge in [-0.1, -0.05) is 19.4 Å². The van der Waals surface area contributed by atoms with Crippen LogP contribution in [-0.2, 0) is 6.54 Å². The molecule has 0 radical (unpaired) electrons. The Morgan fingerprint density at radius 1 is 1.28 bits per heavy atom. The van der Waals surface area contributed by atoms with Crippen molar-refractivity contribution in [3.8, 4) is 0 Å². The standard InChI is InChI=1S/C14H24N4/c1-4-6-10-16-14(15-5-2)17-11-13-9-7-8-12(3)18-13/h7-9H,4-6,10-11H2,1-3H3,(H2,15,16,17). The highest BCUT2D eigenvalue weighted by Gasteiger charge is 1.97. The molecule has 4 nitrogen and oxygen atoms in total. The van der Waals surface area contributed by atoms with Gasteiger partial charge in [-0.25, -0.2) is 4.99 Å². The molecule has 0 unspecified atom stereocenters. The van der Waals surface area contributed by atoms with Crippen LogP contribution in [0.25, 0.3) is 0 Å². The van der Waals surface area contributed by atoms with Crippen molar-refractivity contribution in [2.45, 2.75) is 40.2 Å². The van der Waals surface area contributed by atoms with Gasteiger partial charge in [0.05, 0.1) is 12.2 Å². The van der Waals surface area contributed by atoms with Crippen LogP contribution in [0.3, 0.4) is 0 Å². The summed E-state index contributed by atoms with van der Waals surface area (Å²) in [4.78, 5) is 8.97. The van der Waals surface area contributed by atoms with Crippen LogP contribution in [0.5, 0.6) is 0 Å². The molecule has 1 aromatic heterocycles. The van der Waals surface area contributed by atoms with Gasteiger partial charge in [0.2, 0.25) is 0 Å². The molecule has 1 heterocycles. The second-order valence-electron chi connectivity index (χ2n) is 4.25.